The van der Waals surface area contributed by atoms with Crippen molar-refractivity contribution in [1.29, 1.82) is 0 Å². The normalized spacial score (nSPS) is 13.6. The van der Waals surface area contributed by atoms with E-state index in [4.69, 9.17) is 9.47 Å². The second-order valence-electron chi connectivity index (χ2n) is 7.33. The van der Waals surface area contributed by atoms with E-state index in [9.17, 15) is 4.79 Å². The molecule has 1 saturated carbocycles. The van der Waals surface area contributed by atoms with E-state index in [1.165, 1.54) is 18.4 Å². The summed E-state index contributed by atoms with van der Waals surface area (Å²) in [5.41, 5.74) is 4.68. The third-order valence-electron chi connectivity index (χ3n) is 5.51. The van der Waals surface area contributed by atoms with E-state index in [-0.39, 0.29) is 5.56 Å². The van der Waals surface area contributed by atoms with E-state index in [2.05, 4.69) is 29.2 Å². The van der Waals surface area contributed by atoms with Crippen molar-refractivity contribution in [1.82, 2.24) is 4.98 Å². The molecule has 0 amide bonds. The zero-order valence-corrected chi connectivity index (χ0v) is 17.1. The van der Waals surface area contributed by atoms with Crippen LogP contribution >= 0.6 is 11.3 Å². The van der Waals surface area contributed by atoms with Crippen LogP contribution in [-0.2, 0) is 0 Å². The third kappa shape index (κ3) is 3.12. The first kappa shape index (κ1) is 18.0. The van der Waals surface area contributed by atoms with Crippen molar-refractivity contribution in [3.8, 4) is 33.1 Å². The molecule has 0 atom stereocenters. The molecular formula is C24H21NO3S. The standard InChI is InChI=1S/C24H21NO3S/c1-27-19-12-17-18(13-20(19)28-2)25-24(26)23(21-7-4-10-29-21)22(17)16-6-3-5-15(11-16)14-8-9-14/h3-7,10-14H,8-9H2,1-2H3,(H,25,26). The number of hydrogen-bond acceptors (Lipinski definition) is 4. The Morgan fingerprint density at radius 3 is 2.45 bits per heavy atom. The Labute approximate surface area is 172 Å². The smallest absolute Gasteiger partial charge is 0.257 e. The first-order chi connectivity index (χ1) is 14.2. The average molecular weight is 404 g/mol. The molecule has 5 heteroatoms. The van der Waals surface area contributed by atoms with E-state index in [1.807, 2.05) is 29.6 Å². The van der Waals surface area contributed by atoms with Crippen LogP contribution in [0.4, 0.5) is 0 Å². The molecule has 2 aromatic heterocycles. The monoisotopic (exact) mass is 403 g/mol. The Balaban J connectivity index is 1.88. The van der Waals surface area contributed by atoms with Crippen molar-refractivity contribution >= 4 is 22.2 Å². The number of thiophene rings is 1. The summed E-state index contributed by atoms with van der Waals surface area (Å²) in [5.74, 6) is 1.88. The maximum absolute atomic E-state index is 13.2. The highest BCUT2D eigenvalue weighted by Gasteiger charge is 2.25. The quantitative estimate of drug-likeness (QED) is 0.457. The number of methoxy groups -OCH3 is 2. The van der Waals surface area contributed by atoms with Gasteiger partial charge in [-0.05, 0) is 47.4 Å². The molecule has 2 heterocycles. The molecule has 1 aliphatic rings. The zero-order chi connectivity index (χ0) is 20.0. The van der Waals surface area contributed by atoms with Gasteiger partial charge < -0.3 is 14.5 Å². The fraction of sp³-hybridized carbons (Fsp3) is 0.208. The van der Waals surface area contributed by atoms with Crippen LogP contribution in [0, 0.1) is 0 Å². The van der Waals surface area contributed by atoms with Gasteiger partial charge in [0.1, 0.15) is 0 Å². The maximum atomic E-state index is 13.2. The van der Waals surface area contributed by atoms with Crippen LogP contribution in [0.2, 0.25) is 0 Å². The van der Waals surface area contributed by atoms with Crippen LogP contribution in [-0.4, -0.2) is 19.2 Å². The number of H-pyrrole nitrogens is 1. The molecule has 1 N–H and O–H groups in total. The summed E-state index contributed by atoms with van der Waals surface area (Å²) in [6.07, 6.45) is 2.48. The minimum Gasteiger partial charge on any atom is -0.493 e. The minimum atomic E-state index is -0.0982. The molecule has 1 aliphatic carbocycles. The molecule has 4 nitrogen and oxygen atoms in total. The van der Waals surface area contributed by atoms with Crippen molar-refractivity contribution < 1.29 is 9.47 Å². The van der Waals surface area contributed by atoms with Crippen molar-refractivity contribution in [2.45, 2.75) is 18.8 Å². The van der Waals surface area contributed by atoms with Gasteiger partial charge in [0.15, 0.2) is 11.5 Å². The Bertz CT molecular complexity index is 1250. The Hall–Kier alpha value is -3.05. The Morgan fingerprint density at radius 2 is 1.76 bits per heavy atom. The number of hydrogen-bond donors (Lipinski definition) is 1. The van der Waals surface area contributed by atoms with Crippen molar-refractivity contribution in [3.05, 3.63) is 69.8 Å². The predicted molar refractivity (Wildman–Crippen MR) is 118 cm³/mol. The summed E-state index contributed by atoms with van der Waals surface area (Å²) in [5, 5.41) is 2.94. The average Bonchev–Trinajstić information content (AvgIpc) is 3.47. The molecule has 5 rings (SSSR count). The fourth-order valence-electron chi connectivity index (χ4n) is 3.94. The lowest BCUT2D eigenvalue weighted by Crippen LogP contribution is -2.11. The molecule has 0 saturated heterocycles. The summed E-state index contributed by atoms with van der Waals surface area (Å²) in [6, 6.07) is 16.4. The molecule has 0 unspecified atom stereocenters. The summed E-state index contributed by atoms with van der Waals surface area (Å²) < 4.78 is 11.0. The topological polar surface area (TPSA) is 51.3 Å². The van der Waals surface area contributed by atoms with Gasteiger partial charge in [0.05, 0.1) is 25.3 Å². The molecule has 2 aromatic carbocycles. The number of aromatic amines is 1. The largest absolute Gasteiger partial charge is 0.493 e. The Kier molecular flexibility index (Phi) is 4.40. The molecule has 4 aromatic rings. The number of pyridine rings is 1. The molecule has 29 heavy (non-hydrogen) atoms. The lowest BCUT2D eigenvalue weighted by Gasteiger charge is -2.16. The molecule has 1 fully saturated rings. The van der Waals surface area contributed by atoms with Crippen molar-refractivity contribution in [2.24, 2.45) is 0 Å². The number of nitrogens with one attached hydrogen (secondary N) is 1. The zero-order valence-electron chi connectivity index (χ0n) is 16.3. The number of rotatable bonds is 5. The summed E-state index contributed by atoms with van der Waals surface area (Å²) in [7, 11) is 3.23. The summed E-state index contributed by atoms with van der Waals surface area (Å²) >= 11 is 1.57. The highest BCUT2D eigenvalue weighted by Crippen LogP contribution is 2.44. The van der Waals surface area contributed by atoms with E-state index >= 15 is 0 Å². The number of benzene rings is 2. The first-order valence-corrected chi connectivity index (χ1v) is 10.5. The van der Waals surface area contributed by atoms with E-state index < -0.39 is 0 Å². The van der Waals surface area contributed by atoms with Crippen LogP contribution in [0.3, 0.4) is 0 Å². The molecule has 0 bridgehead atoms. The minimum absolute atomic E-state index is 0.0982. The van der Waals surface area contributed by atoms with Crippen LogP contribution in [0.15, 0.2) is 58.7 Å². The van der Waals surface area contributed by atoms with Gasteiger partial charge in [0.25, 0.3) is 5.56 Å². The molecule has 146 valence electrons. The number of fused-ring (bicyclic) bond motifs is 1. The molecular weight excluding hydrogens is 382 g/mol. The molecule has 0 spiro atoms. The van der Waals surface area contributed by atoms with E-state index in [0.29, 0.717) is 23.0 Å². The summed E-state index contributed by atoms with van der Waals surface area (Å²) in [6.45, 7) is 0. The lowest BCUT2D eigenvalue weighted by atomic mass is 9.93. The highest BCUT2D eigenvalue weighted by atomic mass is 32.1. The van der Waals surface area contributed by atoms with Crippen molar-refractivity contribution in [3.63, 3.8) is 0 Å². The molecule has 0 aliphatic heterocycles. The SMILES string of the molecule is COc1cc2[nH]c(=O)c(-c3cccs3)c(-c3cccc(C4CC4)c3)c2cc1OC. The highest BCUT2D eigenvalue weighted by molar-refractivity contribution is 7.13. The predicted octanol–water partition coefficient (Wildman–Crippen LogP) is 5.82. The van der Waals surface area contributed by atoms with Gasteiger partial charge in [-0.1, -0.05) is 30.3 Å². The van der Waals surface area contributed by atoms with Crippen LogP contribution < -0.4 is 15.0 Å². The van der Waals surface area contributed by atoms with Gasteiger partial charge >= 0.3 is 0 Å². The fourth-order valence-corrected chi connectivity index (χ4v) is 4.72. The molecule has 0 radical (unpaired) electrons. The van der Waals surface area contributed by atoms with Gasteiger partial charge in [-0.3, -0.25) is 4.79 Å². The second-order valence-corrected chi connectivity index (χ2v) is 8.28. The van der Waals surface area contributed by atoms with E-state index in [0.717, 1.165) is 26.9 Å². The summed E-state index contributed by atoms with van der Waals surface area (Å²) in [4.78, 5) is 17.2. The third-order valence-corrected chi connectivity index (χ3v) is 6.40. The van der Waals surface area contributed by atoms with Gasteiger partial charge in [-0.15, -0.1) is 11.3 Å². The van der Waals surface area contributed by atoms with Crippen LogP contribution in [0.5, 0.6) is 11.5 Å². The maximum Gasteiger partial charge on any atom is 0.257 e. The number of aromatic nitrogens is 1. The first-order valence-electron chi connectivity index (χ1n) is 9.66. The van der Waals surface area contributed by atoms with Gasteiger partial charge in [-0.2, -0.15) is 0 Å². The Morgan fingerprint density at radius 1 is 0.966 bits per heavy atom. The van der Waals surface area contributed by atoms with E-state index in [1.54, 1.807) is 25.6 Å². The van der Waals surface area contributed by atoms with Crippen LogP contribution in [0.1, 0.15) is 24.3 Å². The van der Waals surface area contributed by atoms with Crippen LogP contribution in [0.25, 0.3) is 32.5 Å². The van der Waals surface area contributed by atoms with Gasteiger partial charge in [0.2, 0.25) is 0 Å². The second kappa shape index (κ2) is 7.08. The van der Waals surface area contributed by atoms with Gasteiger partial charge in [-0.25, -0.2) is 0 Å². The van der Waals surface area contributed by atoms with Gasteiger partial charge in [0, 0.05) is 21.9 Å². The lowest BCUT2D eigenvalue weighted by molar-refractivity contribution is 0.356. The van der Waals surface area contributed by atoms with Crippen molar-refractivity contribution in [2.75, 3.05) is 14.2 Å². The number of ether oxygens (including phenoxy) is 2.